The SMILES string of the molecule is CCCCCCOc1nsnc1C1=CCC[N+](C)([C@H](C)OC(=O)C2CCOC2)C1. The van der Waals surface area contributed by atoms with Crippen molar-refractivity contribution in [1.82, 2.24) is 8.75 Å². The van der Waals surface area contributed by atoms with E-state index >= 15 is 0 Å². The quantitative estimate of drug-likeness (QED) is 0.324. The summed E-state index contributed by atoms with van der Waals surface area (Å²) >= 11 is 1.19. The maximum Gasteiger partial charge on any atom is 0.315 e. The summed E-state index contributed by atoms with van der Waals surface area (Å²) in [6, 6.07) is 0. The maximum atomic E-state index is 12.4. The van der Waals surface area contributed by atoms with Gasteiger partial charge in [-0.1, -0.05) is 32.3 Å². The molecule has 0 aliphatic carbocycles. The van der Waals surface area contributed by atoms with Crippen LogP contribution in [0.25, 0.3) is 5.57 Å². The Kier molecular flexibility index (Phi) is 8.03. The van der Waals surface area contributed by atoms with Gasteiger partial charge in [0.2, 0.25) is 6.23 Å². The number of likely N-dealkylation sites (N-methyl/N-ethyl adjacent to an activating group) is 1. The molecule has 0 aromatic carbocycles. The second-order valence-corrected chi connectivity index (χ2v) is 8.83. The van der Waals surface area contributed by atoms with Crippen molar-refractivity contribution < 1.29 is 23.5 Å². The molecular weight excluding hydrogens is 390 g/mol. The summed E-state index contributed by atoms with van der Waals surface area (Å²) in [5.41, 5.74) is 1.97. The summed E-state index contributed by atoms with van der Waals surface area (Å²) in [4.78, 5) is 12.4. The van der Waals surface area contributed by atoms with Crippen LogP contribution in [-0.4, -0.2) is 65.4 Å². The van der Waals surface area contributed by atoms with Gasteiger partial charge in [0.25, 0.3) is 5.88 Å². The molecule has 3 rings (SSSR count). The highest BCUT2D eigenvalue weighted by Gasteiger charge is 2.38. The zero-order valence-electron chi connectivity index (χ0n) is 17.9. The van der Waals surface area contributed by atoms with Crippen LogP contribution >= 0.6 is 11.7 Å². The molecule has 2 unspecified atom stereocenters. The van der Waals surface area contributed by atoms with E-state index in [0.29, 0.717) is 30.2 Å². The van der Waals surface area contributed by atoms with Gasteiger partial charge in [-0.2, -0.15) is 4.37 Å². The molecule has 0 spiro atoms. The molecular formula is C21H34N3O4S+. The smallest absolute Gasteiger partial charge is 0.315 e. The molecule has 0 bridgehead atoms. The van der Waals surface area contributed by atoms with Gasteiger partial charge >= 0.3 is 5.97 Å². The summed E-state index contributed by atoms with van der Waals surface area (Å²) in [5.74, 6) is 0.370. The molecule has 29 heavy (non-hydrogen) atoms. The van der Waals surface area contributed by atoms with Crippen molar-refractivity contribution in [3.05, 3.63) is 11.8 Å². The minimum Gasteiger partial charge on any atom is -0.475 e. The van der Waals surface area contributed by atoms with Crippen LogP contribution in [0.3, 0.4) is 0 Å². The lowest BCUT2D eigenvalue weighted by molar-refractivity contribution is -0.944. The topological polar surface area (TPSA) is 70.5 Å². The normalized spacial score (nSPS) is 25.5. The Morgan fingerprint density at radius 2 is 2.24 bits per heavy atom. The molecule has 8 heteroatoms. The van der Waals surface area contributed by atoms with Crippen LogP contribution in [0, 0.1) is 5.92 Å². The average molecular weight is 425 g/mol. The number of aromatic nitrogens is 2. The van der Waals surface area contributed by atoms with E-state index in [-0.39, 0.29) is 18.1 Å². The van der Waals surface area contributed by atoms with Crippen LogP contribution in [0.15, 0.2) is 6.08 Å². The second-order valence-electron chi connectivity index (χ2n) is 8.30. The van der Waals surface area contributed by atoms with Crippen molar-refractivity contribution in [3.8, 4) is 5.88 Å². The molecule has 3 heterocycles. The third-order valence-corrected chi connectivity index (χ3v) is 6.50. The number of carbonyl (C=O) groups is 1. The van der Waals surface area contributed by atoms with Crippen LogP contribution in [0.4, 0.5) is 0 Å². The summed E-state index contributed by atoms with van der Waals surface area (Å²) in [6.07, 6.45) is 8.32. The molecule has 3 atom stereocenters. The Balaban J connectivity index is 1.59. The number of nitrogens with zero attached hydrogens (tertiary/aromatic N) is 3. The van der Waals surface area contributed by atoms with Gasteiger partial charge in [0, 0.05) is 25.5 Å². The molecule has 1 aromatic heterocycles. The number of hydrogen-bond donors (Lipinski definition) is 0. The maximum absolute atomic E-state index is 12.4. The minimum absolute atomic E-state index is 0.126. The summed E-state index contributed by atoms with van der Waals surface area (Å²) in [7, 11) is 2.14. The third-order valence-electron chi connectivity index (χ3n) is 5.99. The fraction of sp³-hybridized carbons (Fsp3) is 0.762. The average Bonchev–Trinajstić information content (AvgIpc) is 3.40. The van der Waals surface area contributed by atoms with E-state index in [4.69, 9.17) is 14.2 Å². The van der Waals surface area contributed by atoms with Crippen molar-refractivity contribution in [3.63, 3.8) is 0 Å². The Labute approximate surface area is 177 Å². The lowest BCUT2D eigenvalue weighted by Crippen LogP contribution is -2.55. The standard InChI is InChI=1S/C21H34N3O4S/c1-4-5-6-7-12-27-20-19(22-29-23-20)17-9-8-11-24(3,14-17)16(2)28-21(25)18-10-13-26-15-18/h9,16,18H,4-8,10-15H2,1-3H3/q+1/t16-,18?,24?/m0/s1. The Bertz CT molecular complexity index is 702. The van der Waals surface area contributed by atoms with Gasteiger partial charge in [-0.25, -0.2) is 0 Å². The molecule has 0 N–H and O–H groups in total. The van der Waals surface area contributed by atoms with Crippen LogP contribution in [0.1, 0.15) is 58.1 Å². The van der Waals surface area contributed by atoms with Gasteiger partial charge in [-0.3, -0.25) is 9.28 Å². The molecule has 0 saturated carbocycles. The predicted molar refractivity (Wildman–Crippen MR) is 113 cm³/mol. The van der Waals surface area contributed by atoms with Gasteiger partial charge in [0.1, 0.15) is 12.2 Å². The fourth-order valence-corrected chi connectivity index (χ4v) is 4.36. The van der Waals surface area contributed by atoms with Crippen LogP contribution in [0.2, 0.25) is 0 Å². The van der Waals surface area contributed by atoms with E-state index in [0.717, 1.165) is 43.6 Å². The highest BCUT2D eigenvalue weighted by Crippen LogP contribution is 2.32. The lowest BCUT2D eigenvalue weighted by Gasteiger charge is -2.41. The summed E-state index contributed by atoms with van der Waals surface area (Å²) < 4.78 is 26.6. The van der Waals surface area contributed by atoms with Crippen molar-refractivity contribution in [2.75, 3.05) is 40.0 Å². The Morgan fingerprint density at radius 3 is 3.00 bits per heavy atom. The van der Waals surface area contributed by atoms with Crippen molar-refractivity contribution in [2.45, 2.75) is 58.6 Å². The molecule has 0 radical (unpaired) electrons. The number of ether oxygens (including phenoxy) is 3. The fourth-order valence-electron chi connectivity index (χ4n) is 3.83. The molecule has 2 aliphatic rings. The predicted octanol–water partition coefficient (Wildman–Crippen LogP) is 3.66. The van der Waals surface area contributed by atoms with Crippen molar-refractivity contribution in [1.29, 1.82) is 0 Å². The van der Waals surface area contributed by atoms with Gasteiger partial charge in [0.05, 0.1) is 44.5 Å². The first-order chi connectivity index (χ1) is 14.0. The van der Waals surface area contributed by atoms with E-state index in [9.17, 15) is 4.79 Å². The van der Waals surface area contributed by atoms with Crippen LogP contribution in [0.5, 0.6) is 5.88 Å². The first-order valence-electron chi connectivity index (χ1n) is 10.8. The third kappa shape index (κ3) is 5.77. The second kappa shape index (κ2) is 10.5. The van der Waals surface area contributed by atoms with Crippen molar-refractivity contribution >= 4 is 23.3 Å². The number of carbonyl (C=O) groups excluding carboxylic acids is 1. The molecule has 1 aromatic rings. The first kappa shape index (κ1) is 22.2. The number of quaternary nitrogens is 1. The number of esters is 1. The van der Waals surface area contributed by atoms with Gasteiger partial charge in [-0.15, -0.1) is 4.37 Å². The molecule has 1 fully saturated rings. The van der Waals surface area contributed by atoms with E-state index < -0.39 is 0 Å². The molecule has 0 amide bonds. The monoisotopic (exact) mass is 424 g/mol. The molecule has 162 valence electrons. The zero-order valence-corrected chi connectivity index (χ0v) is 18.7. The van der Waals surface area contributed by atoms with E-state index in [1.807, 2.05) is 6.92 Å². The van der Waals surface area contributed by atoms with Gasteiger partial charge < -0.3 is 14.2 Å². The first-order valence-corrected chi connectivity index (χ1v) is 11.5. The molecule has 1 saturated heterocycles. The summed E-state index contributed by atoms with van der Waals surface area (Å²) in [5, 5.41) is 0. The Morgan fingerprint density at radius 1 is 1.38 bits per heavy atom. The van der Waals surface area contributed by atoms with E-state index in [1.54, 1.807) is 0 Å². The summed E-state index contributed by atoms with van der Waals surface area (Å²) in [6.45, 7) is 7.65. The van der Waals surface area contributed by atoms with E-state index in [2.05, 4.69) is 28.8 Å². The highest BCUT2D eigenvalue weighted by molar-refractivity contribution is 6.99. The van der Waals surface area contributed by atoms with Crippen molar-refractivity contribution in [2.24, 2.45) is 5.92 Å². The van der Waals surface area contributed by atoms with Crippen LogP contribution in [-0.2, 0) is 14.3 Å². The van der Waals surface area contributed by atoms with Gasteiger partial charge in [-0.05, 0) is 12.8 Å². The zero-order chi connectivity index (χ0) is 20.7. The van der Waals surface area contributed by atoms with E-state index in [1.165, 1.54) is 31.0 Å². The number of unbranched alkanes of at least 4 members (excludes halogenated alkanes) is 3. The highest BCUT2D eigenvalue weighted by atomic mass is 32.1. The number of rotatable bonds is 10. The van der Waals surface area contributed by atoms with Crippen LogP contribution < -0.4 is 4.74 Å². The Hall–Kier alpha value is -1.51. The number of hydrogen-bond acceptors (Lipinski definition) is 7. The molecule has 7 nitrogen and oxygen atoms in total. The molecule has 2 aliphatic heterocycles. The minimum atomic E-state index is -0.225. The van der Waals surface area contributed by atoms with Gasteiger partial charge in [0.15, 0.2) is 0 Å². The largest absolute Gasteiger partial charge is 0.475 e. The lowest BCUT2D eigenvalue weighted by atomic mass is 10.0.